The van der Waals surface area contributed by atoms with E-state index >= 15 is 0 Å². The van der Waals surface area contributed by atoms with Crippen LogP contribution >= 0.6 is 0 Å². The molecule has 0 aromatic heterocycles. The molecule has 1 N–H and O–H groups in total. The van der Waals surface area contributed by atoms with Crippen molar-refractivity contribution in [1.29, 1.82) is 0 Å². The average molecular weight is 351 g/mol. The number of nitrogens with one attached hydrogen (secondary N) is 1. The fraction of sp³-hybridized carbons (Fsp3) is 0.500. The van der Waals surface area contributed by atoms with Crippen LogP contribution in [0.4, 0.5) is 5.69 Å². The van der Waals surface area contributed by atoms with E-state index < -0.39 is 20.3 Å². The van der Waals surface area contributed by atoms with Crippen LogP contribution in [0.1, 0.15) is 26.3 Å². The SMILES string of the molecule is CNC(=O)CN1C(=O)C2(CN2S(=O)(=O)C(C)(C)C)c2ccccc21. The van der Waals surface area contributed by atoms with Crippen LogP contribution in [0.2, 0.25) is 0 Å². The summed E-state index contributed by atoms with van der Waals surface area (Å²) in [5, 5.41) is 2.49. The normalized spacial score (nSPS) is 25.8. The molecule has 8 heteroatoms. The topological polar surface area (TPSA) is 86.6 Å². The van der Waals surface area contributed by atoms with Gasteiger partial charge in [-0.05, 0) is 26.8 Å². The lowest BCUT2D eigenvalue weighted by Gasteiger charge is -2.22. The van der Waals surface area contributed by atoms with Gasteiger partial charge >= 0.3 is 0 Å². The van der Waals surface area contributed by atoms with Gasteiger partial charge in [-0.2, -0.15) is 4.31 Å². The average Bonchev–Trinajstić information content (AvgIpc) is 3.23. The molecule has 2 unspecified atom stereocenters. The maximum absolute atomic E-state index is 13.0. The number of para-hydroxylation sites is 1. The van der Waals surface area contributed by atoms with Crippen molar-refractivity contribution in [3.05, 3.63) is 29.8 Å². The zero-order valence-electron chi connectivity index (χ0n) is 14.2. The van der Waals surface area contributed by atoms with Crippen LogP contribution in [0, 0.1) is 0 Å². The lowest BCUT2D eigenvalue weighted by molar-refractivity contribution is -0.124. The van der Waals surface area contributed by atoms with Crippen LogP contribution in [0.5, 0.6) is 0 Å². The van der Waals surface area contributed by atoms with E-state index in [1.54, 1.807) is 45.0 Å². The lowest BCUT2D eigenvalue weighted by Crippen LogP contribution is -2.43. The zero-order valence-corrected chi connectivity index (χ0v) is 15.0. The number of anilines is 1. The Bertz CT molecular complexity index is 828. The van der Waals surface area contributed by atoms with E-state index in [-0.39, 0.29) is 24.9 Å². The Morgan fingerprint density at radius 1 is 1.29 bits per heavy atom. The van der Waals surface area contributed by atoms with Crippen molar-refractivity contribution in [3.8, 4) is 0 Å². The van der Waals surface area contributed by atoms with Crippen LogP contribution in [0.25, 0.3) is 0 Å². The Morgan fingerprint density at radius 2 is 1.92 bits per heavy atom. The number of amides is 2. The summed E-state index contributed by atoms with van der Waals surface area (Å²) in [5.74, 6) is -0.666. The predicted octanol–water partition coefficient (Wildman–Crippen LogP) is 0.418. The fourth-order valence-electron chi connectivity index (χ4n) is 3.07. The zero-order chi connectivity index (χ0) is 17.9. The van der Waals surface area contributed by atoms with Crippen LogP contribution < -0.4 is 10.2 Å². The first-order chi connectivity index (χ1) is 11.1. The maximum atomic E-state index is 13.0. The molecule has 7 nitrogen and oxygen atoms in total. The van der Waals surface area contributed by atoms with E-state index in [9.17, 15) is 18.0 Å². The molecular formula is C16H21N3O4S. The number of benzene rings is 1. The van der Waals surface area contributed by atoms with Gasteiger partial charge < -0.3 is 10.2 Å². The monoisotopic (exact) mass is 351 g/mol. The largest absolute Gasteiger partial charge is 0.358 e. The highest BCUT2D eigenvalue weighted by atomic mass is 32.2. The Balaban J connectivity index is 2.06. The minimum absolute atomic E-state index is 0.118. The van der Waals surface area contributed by atoms with Crippen molar-refractivity contribution >= 4 is 27.5 Å². The van der Waals surface area contributed by atoms with E-state index in [1.165, 1.54) is 16.3 Å². The van der Waals surface area contributed by atoms with E-state index in [1.807, 2.05) is 0 Å². The van der Waals surface area contributed by atoms with Gasteiger partial charge in [0.1, 0.15) is 6.54 Å². The van der Waals surface area contributed by atoms with Crippen LogP contribution in [-0.2, 0) is 25.2 Å². The van der Waals surface area contributed by atoms with Gasteiger partial charge in [-0.15, -0.1) is 0 Å². The minimum Gasteiger partial charge on any atom is -0.358 e. The highest BCUT2D eigenvalue weighted by Gasteiger charge is 2.71. The third-order valence-electron chi connectivity index (χ3n) is 4.58. The first-order valence-corrected chi connectivity index (χ1v) is 9.16. The molecule has 0 bridgehead atoms. The molecule has 0 saturated carbocycles. The smallest absolute Gasteiger partial charge is 0.255 e. The van der Waals surface area contributed by atoms with Gasteiger partial charge in [0.05, 0.1) is 4.75 Å². The third-order valence-corrected chi connectivity index (χ3v) is 7.15. The molecule has 1 spiro atoms. The van der Waals surface area contributed by atoms with Crippen molar-refractivity contribution in [2.24, 2.45) is 0 Å². The van der Waals surface area contributed by atoms with E-state index in [0.29, 0.717) is 11.3 Å². The second-order valence-electron chi connectivity index (χ2n) is 7.07. The minimum atomic E-state index is -3.64. The van der Waals surface area contributed by atoms with E-state index in [4.69, 9.17) is 0 Å². The first kappa shape index (κ1) is 16.9. The van der Waals surface area contributed by atoms with Crippen molar-refractivity contribution in [2.45, 2.75) is 31.1 Å². The molecule has 2 aliphatic rings. The highest BCUT2D eigenvalue weighted by molar-refractivity contribution is 7.90. The first-order valence-electron chi connectivity index (χ1n) is 7.72. The number of rotatable bonds is 3. The summed E-state index contributed by atoms with van der Waals surface area (Å²) in [6, 6.07) is 7.05. The molecule has 3 rings (SSSR count). The maximum Gasteiger partial charge on any atom is 0.255 e. The van der Waals surface area contributed by atoms with Crippen LogP contribution in [0.3, 0.4) is 0 Å². The Labute approximate surface area is 141 Å². The standard InChI is InChI=1S/C16H21N3O4S/c1-15(2,3)24(22,23)19-10-16(19)11-7-5-6-8-12(11)18(14(16)21)9-13(20)17-4/h5-8H,9-10H2,1-4H3,(H,17,20). The van der Waals surface area contributed by atoms with Crippen molar-refractivity contribution < 1.29 is 18.0 Å². The Morgan fingerprint density at radius 3 is 2.50 bits per heavy atom. The number of hydrogen-bond acceptors (Lipinski definition) is 4. The van der Waals surface area contributed by atoms with Gasteiger partial charge in [0, 0.05) is 24.8 Å². The predicted molar refractivity (Wildman–Crippen MR) is 89.9 cm³/mol. The van der Waals surface area contributed by atoms with Crippen molar-refractivity contribution in [2.75, 3.05) is 25.0 Å². The molecule has 1 aromatic rings. The fourth-order valence-corrected chi connectivity index (χ4v) is 4.68. The molecule has 2 heterocycles. The molecule has 0 radical (unpaired) electrons. The van der Waals surface area contributed by atoms with E-state index in [2.05, 4.69) is 5.32 Å². The van der Waals surface area contributed by atoms with Crippen LogP contribution in [-0.4, -0.2) is 49.4 Å². The molecule has 130 valence electrons. The summed E-state index contributed by atoms with van der Waals surface area (Å²) in [6.45, 7) is 4.83. The molecule has 1 fully saturated rings. The summed E-state index contributed by atoms with van der Waals surface area (Å²) >= 11 is 0. The van der Waals surface area contributed by atoms with Crippen molar-refractivity contribution in [1.82, 2.24) is 9.62 Å². The lowest BCUT2D eigenvalue weighted by atomic mass is 10.0. The molecule has 2 aliphatic heterocycles. The molecule has 1 aromatic carbocycles. The molecular weight excluding hydrogens is 330 g/mol. The summed E-state index contributed by atoms with van der Waals surface area (Å²) in [7, 11) is -2.14. The molecule has 24 heavy (non-hydrogen) atoms. The summed E-state index contributed by atoms with van der Waals surface area (Å²) in [4.78, 5) is 26.1. The highest BCUT2D eigenvalue weighted by Crippen LogP contribution is 2.55. The van der Waals surface area contributed by atoms with E-state index in [0.717, 1.165) is 0 Å². The number of carbonyl (C=O) groups is 2. The quantitative estimate of drug-likeness (QED) is 0.800. The third kappa shape index (κ3) is 2.09. The number of sulfonamides is 1. The number of fused-ring (bicyclic) bond motifs is 2. The summed E-state index contributed by atoms with van der Waals surface area (Å²) < 4.78 is 25.8. The number of hydrogen-bond donors (Lipinski definition) is 1. The summed E-state index contributed by atoms with van der Waals surface area (Å²) in [5.41, 5.74) is 0.0425. The molecule has 1 saturated heterocycles. The van der Waals surface area contributed by atoms with Crippen molar-refractivity contribution in [3.63, 3.8) is 0 Å². The van der Waals surface area contributed by atoms with Gasteiger partial charge in [-0.25, -0.2) is 8.42 Å². The Hall–Kier alpha value is -1.93. The van der Waals surface area contributed by atoms with Crippen LogP contribution in [0.15, 0.2) is 24.3 Å². The van der Waals surface area contributed by atoms with Gasteiger partial charge in [-0.3, -0.25) is 9.59 Å². The number of nitrogens with zero attached hydrogens (tertiary/aromatic N) is 2. The molecule has 2 amide bonds. The second kappa shape index (κ2) is 5.03. The van der Waals surface area contributed by atoms with Gasteiger partial charge in [0.2, 0.25) is 15.9 Å². The molecule has 2 atom stereocenters. The summed E-state index contributed by atoms with van der Waals surface area (Å²) in [6.07, 6.45) is 0. The van der Waals surface area contributed by atoms with Gasteiger partial charge in [0.25, 0.3) is 5.91 Å². The number of carbonyl (C=O) groups excluding carboxylic acids is 2. The Kier molecular flexibility index (Phi) is 3.55. The second-order valence-corrected chi connectivity index (χ2v) is 9.68. The van der Waals surface area contributed by atoms with Gasteiger partial charge in [-0.1, -0.05) is 18.2 Å². The molecule has 0 aliphatic carbocycles. The number of likely N-dealkylation sites (N-methyl/N-ethyl adjacent to an activating group) is 1. The van der Waals surface area contributed by atoms with Gasteiger partial charge in [0.15, 0.2) is 5.54 Å².